The number of hydrogen-bond acceptors (Lipinski definition) is 4. The number of ether oxygens (including phenoxy) is 1. The Morgan fingerprint density at radius 2 is 2.25 bits per heavy atom. The summed E-state index contributed by atoms with van der Waals surface area (Å²) in [5, 5.41) is 1.11. The Morgan fingerprint density at radius 1 is 1.29 bits per heavy atom. The van der Waals surface area contributed by atoms with Crippen LogP contribution in [-0.2, 0) is 0 Å². The van der Waals surface area contributed by atoms with Gasteiger partial charge in [-0.05, 0) is 36.4 Å². The van der Waals surface area contributed by atoms with Crippen LogP contribution in [0.25, 0.3) is 10.9 Å². The van der Waals surface area contributed by atoms with E-state index < -0.39 is 0 Å². The molecule has 6 heteroatoms. The quantitative estimate of drug-likeness (QED) is 0.805. The van der Waals surface area contributed by atoms with Gasteiger partial charge in [0.2, 0.25) is 5.88 Å². The Balaban J connectivity index is 1.47. The van der Waals surface area contributed by atoms with Crippen molar-refractivity contribution in [2.45, 2.75) is 18.9 Å². The van der Waals surface area contributed by atoms with E-state index in [1.807, 2.05) is 35.4 Å². The third-order valence-corrected chi connectivity index (χ3v) is 4.29. The number of hydrogen-bond donors (Lipinski definition) is 1. The SMILES string of the molecule is O=C(c1ccc2cc[nH]c2c1)N1CCC[C@@H](Oc2cnccn2)C1. The minimum absolute atomic E-state index is 0.0407. The van der Waals surface area contributed by atoms with Gasteiger partial charge in [0, 0.05) is 36.2 Å². The average molecular weight is 322 g/mol. The van der Waals surface area contributed by atoms with Crippen molar-refractivity contribution in [1.82, 2.24) is 19.9 Å². The zero-order valence-corrected chi connectivity index (χ0v) is 13.2. The summed E-state index contributed by atoms with van der Waals surface area (Å²) in [7, 11) is 0. The summed E-state index contributed by atoms with van der Waals surface area (Å²) in [5.41, 5.74) is 1.68. The maximum atomic E-state index is 12.8. The molecule has 1 aromatic carbocycles. The fraction of sp³-hybridized carbons (Fsp3) is 0.278. The zero-order chi connectivity index (χ0) is 16.4. The minimum Gasteiger partial charge on any atom is -0.471 e. The zero-order valence-electron chi connectivity index (χ0n) is 13.2. The number of H-pyrrole nitrogens is 1. The maximum absolute atomic E-state index is 12.8. The molecule has 2 aromatic heterocycles. The Labute approximate surface area is 139 Å². The standard InChI is InChI=1S/C18H18N4O2/c23-18(14-4-3-13-5-6-20-16(13)10-14)22-9-1-2-15(12-22)24-17-11-19-7-8-21-17/h3-8,10-11,15,20H,1-2,9,12H2/t15-/m1/s1. The van der Waals surface area contributed by atoms with Crippen LogP contribution in [0.15, 0.2) is 49.1 Å². The number of aromatic nitrogens is 3. The number of fused-ring (bicyclic) bond motifs is 1. The molecule has 0 spiro atoms. The first-order valence-corrected chi connectivity index (χ1v) is 8.09. The monoisotopic (exact) mass is 322 g/mol. The lowest BCUT2D eigenvalue weighted by atomic mass is 10.1. The van der Waals surface area contributed by atoms with E-state index in [2.05, 4.69) is 15.0 Å². The highest BCUT2D eigenvalue weighted by molar-refractivity contribution is 5.98. The lowest BCUT2D eigenvalue weighted by molar-refractivity contribution is 0.0527. The van der Waals surface area contributed by atoms with Gasteiger partial charge >= 0.3 is 0 Å². The Morgan fingerprint density at radius 3 is 3.12 bits per heavy atom. The van der Waals surface area contributed by atoms with Crippen LogP contribution in [0.5, 0.6) is 5.88 Å². The first-order valence-electron chi connectivity index (χ1n) is 8.09. The molecule has 1 aliphatic rings. The number of nitrogens with zero attached hydrogens (tertiary/aromatic N) is 3. The Bertz CT molecular complexity index is 846. The molecule has 1 saturated heterocycles. The fourth-order valence-corrected chi connectivity index (χ4v) is 3.10. The van der Waals surface area contributed by atoms with Gasteiger partial charge in [-0.1, -0.05) is 6.07 Å². The molecule has 1 atom stereocenters. The Kier molecular flexibility index (Phi) is 3.86. The number of carbonyl (C=O) groups excluding carboxylic acids is 1. The van der Waals surface area contributed by atoms with Gasteiger partial charge in [-0.3, -0.25) is 9.78 Å². The smallest absolute Gasteiger partial charge is 0.254 e. The molecule has 0 aliphatic carbocycles. The highest BCUT2D eigenvalue weighted by Crippen LogP contribution is 2.20. The largest absolute Gasteiger partial charge is 0.471 e. The average Bonchev–Trinajstić information content (AvgIpc) is 3.10. The van der Waals surface area contributed by atoms with Crippen molar-refractivity contribution in [1.29, 1.82) is 0 Å². The number of rotatable bonds is 3. The van der Waals surface area contributed by atoms with Gasteiger partial charge in [0.05, 0.1) is 12.7 Å². The van der Waals surface area contributed by atoms with Gasteiger partial charge < -0.3 is 14.6 Å². The summed E-state index contributed by atoms with van der Waals surface area (Å²) in [5.74, 6) is 0.545. The summed E-state index contributed by atoms with van der Waals surface area (Å²) >= 11 is 0. The molecular formula is C18H18N4O2. The van der Waals surface area contributed by atoms with Crippen LogP contribution in [0.2, 0.25) is 0 Å². The lowest BCUT2D eigenvalue weighted by Gasteiger charge is -2.32. The number of piperidine rings is 1. The molecule has 0 bridgehead atoms. The molecule has 1 fully saturated rings. The van der Waals surface area contributed by atoms with Gasteiger partial charge in [-0.2, -0.15) is 0 Å². The van der Waals surface area contributed by atoms with Crippen molar-refractivity contribution in [3.8, 4) is 5.88 Å². The maximum Gasteiger partial charge on any atom is 0.254 e. The molecule has 3 heterocycles. The molecular weight excluding hydrogens is 304 g/mol. The predicted octanol–water partition coefficient (Wildman–Crippen LogP) is 2.64. The van der Waals surface area contributed by atoms with E-state index in [9.17, 15) is 4.79 Å². The summed E-state index contributed by atoms with van der Waals surface area (Å²) in [6.07, 6.45) is 8.48. The lowest BCUT2D eigenvalue weighted by Crippen LogP contribution is -2.44. The number of amides is 1. The van der Waals surface area contributed by atoms with Crippen LogP contribution < -0.4 is 4.74 Å². The molecule has 0 saturated carbocycles. The van der Waals surface area contributed by atoms with Gasteiger partial charge in [0.1, 0.15) is 6.10 Å². The van der Waals surface area contributed by atoms with Crippen molar-refractivity contribution in [3.63, 3.8) is 0 Å². The summed E-state index contributed by atoms with van der Waals surface area (Å²) < 4.78 is 5.86. The first-order chi connectivity index (χ1) is 11.8. The normalized spacial score (nSPS) is 17.8. The van der Waals surface area contributed by atoms with Gasteiger partial charge in [-0.25, -0.2) is 4.98 Å². The highest BCUT2D eigenvalue weighted by atomic mass is 16.5. The van der Waals surface area contributed by atoms with Gasteiger partial charge in [0.25, 0.3) is 5.91 Å². The van der Waals surface area contributed by atoms with Crippen LogP contribution in [0.1, 0.15) is 23.2 Å². The van der Waals surface area contributed by atoms with Gasteiger partial charge in [-0.15, -0.1) is 0 Å². The summed E-state index contributed by atoms with van der Waals surface area (Å²) in [6, 6.07) is 7.75. The Hall–Kier alpha value is -2.89. The van der Waals surface area contributed by atoms with Crippen LogP contribution >= 0.6 is 0 Å². The van der Waals surface area contributed by atoms with E-state index in [0.717, 1.165) is 30.3 Å². The molecule has 1 amide bonds. The molecule has 0 radical (unpaired) electrons. The van der Waals surface area contributed by atoms with Crippen molar-refractivity contribution in [2.75, 3.05) is 13.1 Å². The second-order valence-electron chi connectivity index (χ2n) is 5.96. The van der Waals surface area contributed by atoms with E-state index in [-0.39, 0.29) is 12.0 Å². The minimum atomic E-state index is -0.0476. The van der Waals surface area contributed by atoms with Crippen LogP contribution in [-0.4, -0.2) is 45.0 Å². The number of likely N-dealkylation sites (tertiary alicyclic amines) is 1. The van der Waals surface area contributed by atoms with E-state index >= 15 is 0 Å². The topological polar surface area (TPSA) is 71.1 Å². The van der Waals surface area contributed by atoms with Crippen molar-refractivity contribution >= 4 is 16.8 Å². The summed E-state index contributed by atoms with van der Waals surface area (Å²) in [6.45, 7) is 1.32. The number of benzene rings is 1. The van der Waals surface area contributed by atoms with E-state index in [1.165, 1.54) is 0 Å². The van der Waals surface area contributed by atoms with Crippen molar-refractivity contribution in [3.05, 3.63) is 54.6 Å². The molecule has 6 nitrogen and oxygen atoms in total. The predicted molar refractivity (Wildman–Crippen MR) is 89.9 cm³/mol. The number of carbonyl (C=O) groups is 1. The third kappa shape index (κ3) is 2.95. The van der Waals surface area contributed by atoms with Crippen LogP contribution in [0.3, 0.4) is 0 Å². The van der Waals surface area contributed by atoms with E-state index in [0.29, 0.717) is 18.0 Å². The van der Waals surface area contributed by atoms with Gasteiger partial charge in [0.15, 0.2) is 0 Å². The third-order valence-electron chi connectivity index (χ3n) is 4.29. The molecule has 4 rings (SSSR count). The number of nitrogens with one attached hydrogen (secondary N) is 1. The summed E-state index contributed by atoms with van der Waals surface area (Å²) in [4.78, 5) is 25.9. The van der Waals surface area contributed by atoms with E-state index in [1.54, 1.807) is 18.6 Å². The molecule has 1 N–H and O–H groups in total. The molecule has 0 unspecified atom stereocenters. The second kappa shape index (κ2) is 6.31. The second-order valence-corrected chi connectivity index (χ2v) is 5.96. The van der Waals surface area contributed by atoms with Crippen molar-refractivity contribution in [2.24, 2.45) is 0 Å². The van der Waals surface area contributed by atoms with Crippen LogP contribution in [0.4, 0.5) is 0 Å². The molecule has 24 heavy (non-hydrogen) atoms. The fourth-order valence-electron chi connectivity index (χ4n) is 3.10. The first kappa shape index (κ1) is 14.7. The van der Waals surface area contributed by atoms with E-state index in [4.69, 9.17) is 4.74 Å². The van der Waals surface area contributed by atoms with Crippen LogP contribution in [0, 0.1) is 0 Å². The highest BCUT2D eigenvalue weighted by Gasteiger charge is 2.26. The molecule has 122 valence electrons. The number of aromatic amines is 1. The molecule has 1 aliphatic heterocycles. The molecule has 3 aromatic rings. The van der Waals surface area contributed by atoms with Crippen molar-refractivity contribution < 1.29 is 9.53 Å².